The number of benzene rings is 3. The Morgan fingerprint density at radius 3 is 2.59 bits per heavy atom. The van der Waals surface area contributed by atoms with Crippen molar-refractivity contribution in [1.29, 1.82) is 0 Å². The summed E-state index contributed by atoms with van der Waals surface area (Å²) >= 11 is 12.3. The number of H-pyrrole nitrogens is 1. The van der Waals surface area contributed by atoms with Gasteiger partial charge in [-0.05, 0) is 47.9 Å². The van der Waals surface area contributed by atoms with Crippen LogP contribution in [0.15, 0.2) is 66.7 Å². The van der Waals surface area contributed by atoms with Gasteiger partial charge in [0.05, 0.1) is 34.2 Å². The number of aromatic amines is 1. The summed E-state index contributed by atoms with van der Waals surface area (Å²) in [5.74, 6) is 1.45. The van der Waals surface area contributed by atoms with Crippen LogP contribution in [0.5, 0.6) is 5.75 Å². The summed E-state index contributed by atoms with van der Waals surface area (Å²) in [4.78, 5) is 20.7. The number of rotatable bonds is 7. The number of imidazole rings is 1. The van der Waals surface area contributed by atoms with Gasteiger partial charge in [-0.2, -0.15) is 0 Å². The van der Waals surface area contributed by atoms with Gasteiger partial charge in [-0.15, -0.1) is 0 Å². The normalized spacial score (nSPS) is 11.8. The van der Waals surface area contributed by atoms with Crippen molar-refractivity contribution >= 4 is 40.3 Å². The maximum atomic E-state index is 12.7. The van der Waals surface area contributed by atoms with E-state index < -0.39 is 0 Å². The third kappa shape index (κ3) is 5.15. The summed E-state index contributed by atoms with van der Waals surface area (Å²) < 4.78 is 5.24. The van der Waals surface area contributed by atoms with Crippen molar-refractivity contribution in [2.24, 2.45) is 0 Å². The molecule has 1 aromatic heterocycles. The molecule has 0 aliphatic rings. The quantitative estimate of drug-likeness (QED) is 0.327. The van der Waals surface area contributed by atoms with Crippen LogP contribution in [0.25, 0.3) is 11.0 Å². The second kappa shape index (κ2) is 9.94. The first-order valence-electron chi connectivity index (χ1n) is 10.1. The molecule has 0 spiro atoms. The van der Waals surface area contributed by atoms with Crippen LogP contribution in [0, 0.1) is 0 Å². The predicted molar refractivity (Wildman–Crippen MR) is 127 cm³/mol. The predicted octanol–water partition coefficient (Wildman–Crippen LogP) is 5.66. The number of hydrogen-bond acceptors (Lipinski definition) is 3. The lowest BCUT2D eigenvalue weighted by Gasteiger charge is -2.18. The number of urea groups is 1. The highest BCUT2D eigenvalue weighted by atomic mass is 35.5. The Balaban J connectivity index is 1.52. The molecule has 2 amide bonds. The third-order valence-electron chi connectivity index (χ3n) is 5.11. The highest BCUT2D eigenvalue weighted by molar-refractivity contribution is 6.42. The zero-order valence-corrected chi connectivity index (χ0v) is 18.9. The number of halogens is 2. The monoisotopic (exact) mass is 468 g/mol. The summed E-state index contributed by atoms with van der Waals surface area (Å²) in [6.07, 6.45) is 0.551. The molecule has 6 nitrogen and oxygen atoms in total. The lowest BCUT2D eigenvalue weighted by molar-refractivity contribution is 0.236. The number of carbonyl (C=O) groups excluding carboxylic acids is 1. The van der Waals surface area contributed by atoms with Crippen LogP contribution in [-0.2, 0) is 13.0 Å². The Morgan fingerprint density at radius 2 is 1.84 bits per heavy atom. The molecule has 164 valence electrons. The van der Waals surface area contributed by atoms with Crippen molar-refractivity contribution in [3.8, 4) is 5.75 Å². The van der Waals surface area contributed by atoms with Gasteiger partial charge in [0.2, 0.25) is 0 Å². The molecule has 0 bridgehead atoms. The first kappa shape index (κ1) is 22.0. The molecule has 1 heterocycles. The summed E-state index contributed by atoms with van der Waals surface area (Å²) in [5, 5.41) is 6.76. The van der Waals surface area contributed by atoms with Gasteiger partial charge in [-0.25, -0.2) is 9.78 Å². The van der Waals surface area contributed by atoms with Crippen molar-refractivity contribution in [2.45, 2.75) is 19.0 Å². The zero-order valence-electron chi connectivity index (χ0n) is 17.4. The van der Waals surface area contributed by atoms with E-state index in [0.717, 1.165) is 27.9 Å². The summed E-state index contributed by atoms with van der Waals surface area (Å²) in [6.45, 7) is 0.251. The molecule has 0 fully saturated rings. The van der Waals surface area contributed by atoms with Gasteiger partial charge in [0.15, 0.2) is 0 Å². The molecule has 0 radical (unpaired) electrons. The van der Waals surface area contributed by atoms with E-state index in [1.165, 1.54) is 0 Å². The number of methoxy groups -OCH3 is 1. The van der Waals surface area contributed by atoms with Gasteiger partial charge in [-0.1, -0.05) is 59.6 Å². The summed E-state index contributed by atoms with van der Waals surface area (Å²) in [6, 6.07) is 20.1. The second-order valence-corrected chi connectivity index (χ2v) is 8.07. The molecule has 0 aliphatic carbocycles. The van der Waals surface area contributed by atoms with Gasteiger partial charge in [0.1, 0.15) is 11.6 Å². The largest absolute Gasteiger partial charge is 0.497 e. The van der Waals surface area contributed by atoms with Crippen LogP contribution in [-0.4, -0.2) is 23.1 Å². The molecule has 4 rings (SSSR count). The average molecular weight is 469 g/mol. The fourth-order valence-corrected chi connectivity index (χ4v) is 3.81. The minimum absolute atomic E-state index is 0.251. The molecule has 8 heteroatoms. The Hall–Kier alpha value is -3.22. The number of carbonyl (C=O) groups is 1. The molecule has 32 heavy (non-hydrogen) atoms. The average Bonchev–Trinajstić information content (AvgIpc) is 3.24. The Kier molecular flexibility index (Phi) is 6.83. The first-order chi connectivity index (χ1) is 15.5. The van der Waals surface area contributed by atoms with Crippen molar-refractivity contribution in [1.82, 2.24) is 20.6 Å². The van der Waals surface area contributed by atoms with Crippen LogP contribution in [0.2, 0.25) is 10.0 Å². The van der Waals surface area contributed by atoms with Crippen molar-refractivity contribution in [3.63, 3.8) is 0 Å². The van der Waals surface area contributed by atoms with E-state index in [4.69, 9.17) is 27.9 Å². The fraction of sp³-hybridized carbons (Fsp3) is 0.167. The number of nitrogens with zero attached hydrogens (tertiary/aromatic N) is 1. The van der Waals surface area contributed by atoms with Crippen LogP contribution in [0.4, 0.5) is 4.79 Å². The van der Waals surface area contributed by atoms with Gasteiger partial charge in [-0.3, -0.25) is 0 Å². The zero-order chi connectivity index (χ0) is 22.5. The van der Waals surface area contributed by atoms with Crippen molar-refractivity contribution < 1.29 is 9.53 Å². The molecule has 3 aromatic carbocycles. The lowest BCUT2D eigenvalue weighted by Crippen LogP contribution is -2.38. The molecule has 0 saturated heterocycles. The molecular weight excluding hydrogens is 447 g/mol. The van der Waals surface area contributed by atoms with Crippen molar-refractivity contribution in [3.05, 3.63) is 93.7 Å². The topological polar surface area (TPSA) is 79.0 Å². The smallest absolute Gasteiger partial charge is 0.315 e. The van der Waals surface area contributed by atoms with Gasteiger partial charge in [0.25, 0.3) is 0 Å². The summed E-state index contributed by atoms with van der Waals surface area (Å²) in [7, 11) is 1.63. The number of amides is 2. The van der Waals surface area contributed by atoms with E-state index >= 15 is 0 Å². The molecular formula is C24H22Cl2N4O2. The van der Waals surface area contributed by atoms with Gasteiger partial charge < -0.3 is 20.4 Å². The maximum absolute atomic E-state index is 12.7. The standard InChI is InChI=1S/C24H22Cl2N4O2/c1-32-17-11-9-15(10-12-17)13-21(23-28-19-7-2-3-8-20(19)29-23)30-24(31)27-14-16-5-4-6-18(25)22(16)26/h2-12,21H,13-14H2,1H3,(H,28,29)(H2,27,30,31). The van der Waals surface area contributed by atoms with E-state index in [0.29, 0.717) is 22.3 Å². The Morgan fingerprint density at radius 1 is 1.06 bits per heavy atom. The van der Waals surface area contributed by atoms with Crippen molar-refractivity contribution in [2.75, 3.05) is 7.11 Å². The lowest BCUT2D eigenvalue weighted by atomic mass is 10.1. The van der Waals surface area contributed by atoms with E-state index in [-0.39, 0.29) is 18.6 Å². The molecule has 4 aromatic rings. The number of para-hydroxylation sites is 2. The van der Waals surface area contributed by atoms with E-state index in [2.05, 4.69) is 20.6 Å². The minimum Gasteiger partial charge on any atom is -0.497 e. The van der Waals surface area contributed by atoms with Crippen LogP contribution >= 0.6 is 23.2 Å². The summed E-state index contributed by atoms with van der Waals surface area (Å²) in [5.41, 5.74) is 3.53. The number of fused-ring (bicyclic) bond motifs is 1. The second-order valence-electron chi connectivity index (χ2n) is 7.28. The number of aromatic nitrogens is 2. The molecule has 1 atom stereocenters. The Labute approximate surface area is 195 Å². The first-order valence-corrected chi connectivity index (χ1v) is 10.8. The molecule has 3 N–H and O–H groups in total. The highest BCUT2D eigenvalue weighted by Crippen LogP contribution is 2.25. The number of ether oxygens (including phenoxy) is 1. The van der Waals surface area contributed by atoms with E-state index in [1.807, 2.05) is 54.6 Å². The van der Waals surface area contributed by atoms with Crippen LogP contribution in [0.1, 0.15) is 23.0 Å². The number of hydrogen-bond donors (Lipinski definition) is 3. The van der Waals surface area contributed by atoms with E-state index in [1.54, 1.807) is 19.2 Å². The minimum atomic E-state index is -0.370. The molecule has 1 unspecified atom stereocenters. The van der Waals surface area contributed by atoms with E-state index in [9.17, 15) is 4.79 Å². The van der Waals surface area contributed by atoms with Gasteiger partial charge >= 0.3 is 6.03 Å². The maximum Gasteiger partial charge on any atom is 0.315 e. The molecule has 0 aliphatic heterocycles. The SMILES string of the molecule is COc1ccc(CC(NC(=O)NCc2cccc(Cl)c2Cl)c2nc3ccccc3[nH]2)cc1. The Bertz CT molecular complexity index is 1190. The van der Waals surface area contributed by atoms with Crippen LogP contribution < -0.4 is 15.4 Å². The third-order valence-corrected chi connectivity index (χ3v) is 5.97. The highest BCUT2D eigenvalue weighted by Gasteiger charge is 2.19. The van der Waals surface area contributed by atoms with Crippen LogP contribution in [0.3, 0.4) is 0 Å². The molecule has 0 saturated carbocycles. The fourth-order valence-electron chi connectivity index (χ4n) is 3.42. The number of nitrogens with one attached hydrogen (secondary N) is 3. The van der Waals surface area contributed by atoms with Gasteiger partial charge in [0, 0.05) is 6.54 Å².